The van der Waals surface area contributed by atoms with Crippen molar-refractivity contribution in [2.45, 2.75) is 60.0 Å². The van der Waals surface area contributed by atoms with Crippen LogP contribution in [0, 0.1) is 5.92 Å². The first-order valence-electron chi connectivity index (χ1n) is 11.9. The Kier molecular flexibility index (Phi) is 11.4. The Balaban J connectivity index is 2.17. The second-order valence-electron chi connectivity index (χ2n) is 8.61. The van der Waals surface area contributed by atoms with Crippen LogP contribution >= 0.6 is 15.9 Å². The number of carbonyl (C=O) groups is 2. The largest absolute Gasteiger partial charge is 0.490 e. The van der Waals surface area contributed by atoms with Gasteiger partial charge >= 0.3 is 0 Å². The minimum absolute atomic E-state index is 0.0704. The van der Waals surface area contributed by atoms with E-state index in [0.717, 1.165) is 15.6 Å². The Bertz CT molecular complexity index is 948. The highest BCUT2D eigenvalue weighted by atomic mass is 79.9. The van der Waals surface area contributed by atoms with Gasteiger partial charge in [-0.3, -0.25) is 9.59 Å². The van der Waals surface area contributed by atoms with Crippen LogP contribution in [0.1, 0.15) is 52.2 Å². The lowest BCUT2D eigenvalue weighted by molar-refractivity contribution is -0.140. The number of benzene rings is 2. The number of amides is 2. The minimum atomic E-state index is -0.579. The molecular weight excluding hydrogens is 496 g/mol. The van der Waals surface area contributed by atoms with Crippen molar-refractivity contribution in [3.8, 4) is 11.5 Å². The van der Waals surface area contributed by atoms with Crippen molar-refractivity contribution >= 4 is 27.7 Å². The fraction of sp³-hybridized carbons (Fsp3) is 0.481. The van der Waals surface area contributed by atoms with Crippen LogP contribution in [0.5, 0.6) is 11.5 Å². The van der Waals surface area contributed by atoms with Gasteiger partial charge in [-0.2, -0.15) is 0 Å². The highest BCUT2D eigenvalue weighted by Gasteiger charge is 2.26. The number of hydrogen-bond acceptors (Lipinski definition) is 4. The van der Waals surface area contributed by atoms with Crippen LogP contribution in [0.2, 0.25) is 0 Å². The summed E-state index contributed by atoms with van der Waals surface area (Å²) in [6.45, 7) is 11.8. The summed E-state index contributed by atoms with van der Waals surface area (Å²) in [6, 6.07) is 13.0. The zero-order valence-corrected chi connectivity index (χ0v) is 22.5. The monoisotopic (exact) mass is 532 g/mol. The number of halogens is 1. The maximum absolute atomic E-state index is 13.3. The molecule has 2 amide bonds. The predicted molar refractivity (Wildman–Crippen MR) is 139 cm³/mol. The molecule has 2 rings (SSSR count). The lowest BCUT2D eigenvalue weighted by Crippen LogP contribution is -2.48. The molecule has 0 radical (unpaired) electrons. The summed E-state index contributed by atoms with van der Waals surface area (Å²) < 4.78 is 12.3. The zero-order chi connectivity index (χ0) is 25.1. The van der Waals surface area contributed by atoms with Gasteiger partial charge in [0.2, 0.25) is 11.8 Å². The molecule has 0 bridgehead atoms. The molecule has 2 aromatic carbocycles. The topological polar surface area (TPSA) is 67.9 Å². The van der Waals surface area contributed by atoms with Crippen molar-refractivity contribution in [2.24, 2.45) is 5.92 Å². The van der Waals surface area contributed by atoms with Gasteiger partial charge in [0.1, 0.15) is 6.04 Å². The van der Waals surface area contributed by atoms with Crippen molar-refractivity contribution in [3.05, 3.63) is 58.1 Å². The lowest BCUT2D eigenvalue weighted by Gasteiger charge is -2.29. The first-order chi connectivity index (χ1) is 16.2. The number of nitrogens with one attached hydrogen (secondary N) is 1. The summed E-state index contributed by atoms with van der Waals surface area (Å²) in [5, 5.41) is 2.96. The zero-order valence-electron chi connectivity index (χ0n) is 20.9. The summed E-state index contributed by atoms with van der Waals surface area (Å²) in [5.74, 6) is 1.51. The molecule has 7 heteroatoms. The molecule has 1 atom stereocenters. The SMILES string of the molecule is CCOc1ccc(CCC(=O)N(Cc2cccc(Br)c2)C(C)C(=O)NCC(C)C)cc1OCC. The van der Waals surface area contributed by atoms with Crippen molar-refractivity contribution in [2.75, 3.05) is 19.8 Å². The van der Waals surface area contributed by atoms with Gasteiger partial charge in [0, 0.05) is 24.0 Å². The molecule has 1 N–H and O–H groups in total. The average Bonchev–Trinajstić information content (AvgIpc) is 2.80. The third kappa shape index (κ3) is 8.67. The maximum atomic E-state index is 13.3. The maximum Gasteiger partial charge on any atom is 0.242 e. The fourth-order valence-electron chi connectivity index (χ4n) is 3.51. The van der Waals surface area contributed by atoms with Crippen molar-refractivity contribution in [1.82, 2.24) is 10.2 Å². The molecule has 0 aliphatic heterocycles. The summed E-state index contributed by atoms with van der Waals surface area (Å²) in [4.78, 5) is 27.8. The van der Waals surface area contributed by atoms with Crippen LogP contribution in [-0.4, -0.2) is 42.5 Å². The van der Waals surface area contributed by atoms with Gasteiger partial charge < -0.3 is 19.7 Å². The van der Waals surface area contributed by atoms with E-state index in [1.54, 1.807) is 11.8 Å². The quantitative estimate of drug-likeness (QED) is 0.376. The van der Waals surface area contributed by atoms with E-state index in [0.29, 0.717) is 50.1 Å². The van der Waals surface area contributed by atoms with Crippen LogP contribution in [0.3, 0.4) is 0 Å². The molecule has 34 heavy (non-hydrogen) atoms. The summed E-state index contributed by atoms with van der Waals surface area (Å²) in [7, 11) is 0. The Morgan fingerprint density at radius 2 is 1.68 bits per heavy atom. The molecule has 0 aliphatic rings. The minimum Gasteiger partial charge on any atom is -0.490 e. The number of ether oxygens (including phenoxy) is 2. The molecule has 2 aromatic rings. The molecule has 0 spiro atoms. The Hall–Kier alpha value is -2.54. The second-order valence-corrected chi connectivity index (χ2v) is 9.53. The van der Waals surface area contributed by atoms with Gasteiger partial charge in [0.15, 0.2) is 11.5 Å². The van der Waals surface area contributed by atoms with Gasteiger partial charge in [-0.05, 0) is 68.5 Å². The molecule has 0 fully saturated rings. The Morgan fingerprint density at radius 1 is 0.971 bits per heavy atom. The third-order valence-corrected chi connectivity index (χ3v) is 5.82. The number of nitrogens with zero attached hydrogens (tertiary/aromatic N) is 1. The van der Waals surface area contributed by atoms with Crippen LogP contribution in [0.4, 0.5) is 0 Å². The molecule has 0 heterocycles. The normalized spacial score (nSPS) is 11.7. The lowest BCUT2D eigenvalue weighted by atomic mass is 10.1. The summed E-state index contributed by atoms with van der Waals surface area (Å²) in [5.41, 5.74) is 1.95. The predicted octanol–water partition coefficient (Wildman–Crippen LogP) is 5.37. The van der Waals surface area contributed by atoms with Gasteiger partial charge in [0.25, 0.3) is 0 Å². The summed E-state index contributed by atoms with van der Waals surface area (Å²) >= 11 is 3.49. The number of aryl methyl sites for hydroxylation is 1. The van der Waals surface area contributed by atoms with E-state index in [1.807, 2.05) is 70.2 Å². The number of rotatable bonds is 13. The van der Waals surface area contributed by atoms with Crippen LogP contribution in [0.25, 0.3) is 0 Å². The molecule has 1 unspecified atom stereocenters. The van der Waals surface area contributed by atoms with Crippen LogP contribution < -0.4 is 14.8 Å². The smallest absolute Gasteiger partial charge is 0.242 e. The van der Waals surface area contributed by atoms with Crippen molar-refractivity contribution in [3.63, 3.8) is 0 Å². The standard InChI is InChI=1S/C27H37BrN2O4/c1-6-33-24-13-11-21(16-25(24)34-7-2)12-14-26(31)30(18-22-9-8-10-23(28)15-22)20(5)27(32)29-17-19(3)4/h8-11,13,15-16,19-20H,6-7,12,14,17-18H2,1-5H3,(H,29,32). The first-order valence-corrected chi connectivity index (χ1v) is 12.7. The molecule has 6 nitrogen and oxygen atoms in total. The molecular formula is C27H37BrN2O4. The Labute approximate surface area is 212 Å². The molecule has 186 valence electrons. The van der Waals surface area contributed by atoms with Crippen molar-refractivity contribution in [1.29, 1.82) is 0 Å². The first kappa shape index (κ1) is 27.7. The molecule has 0 saturated carbocycles. The van der Waals surface area contributed by atoms with E-state index < -0.39 is 6.04 Å². The summed E-state index contributed by atoms with van der Waals surface area (Å²) in [6.07, 6.45) is 0.829. The van der Waals surface area contributed by atoms with Crippen LogP contribution in [0.15, 0.2) is 46.9 Å². The number of carbonyl (C=O) groups excluding carboxylic acids is 2. The van der Waals surface area contributed by atoms with E-state index in [2.05, 4.69) is 21.2 Å². The molecule has 0 aliphatic carbocycles. The van der Waals surface area contributed by atoms with E-state index in [9.17, 15) is 9.59 Å². The third-order valence-electron chi connectivity index (χ3n) is 5.33. The van der Waals surface area contributed by atoms with E-state index in [1.165, 1.54) is 0 Å². The highest BCUT2D eigenvalue weighted by molar-refractivity contribution is 9.10. The molecule has 0 aromatic heterocycles. The van der Waals surface area contributed by atoms with Gasteiger partial charge in [-0.25, -0.2) is 0 Å². The average molecular weight is 534 g/mol. The van der Waals surface area contributed by atoms with E-state index in [4.69, 9.17) is 9.47 Å². The fourth-order valence-corrected chi connectivity index (χ4v) is 3.96. The Morgan fingerprint density at radius 3 is 2.32 bits per heavy atom. The van der Waals surface area contributed by atoms with Gasteiger partial charge in [0.05, 0.1) is 13.2 Å². The van der Waals surface area contributed by atoms with Crippen LogP contribution in [-0.2, 0) is 22.6 Å². The van der Waals surface area contributed by atoms with Gasteiger partial charge in [-0.15, -0.1) is 0 Å². The van der Waals surface area contributed by atoms with E-state index in [-0.39, 0.29) is 18.2 Å². The highest BCUT2D eigenvalue weighted by Crippen LogP contribution is 2.29. The molecule has 0 saturated heterocycles. The van der Waals surface area contributed by atoms with Crippen molar-refractivity contribution < 1.29 is 19.1 Å². The second kappa shape index (κ2) is 14.0. The number of hydrogen-bond donors (Lipinski definition) is 1. The van der Waals surface area contributed by atoms with E-state index >= 15 is 0 Å². The van der Waals surface area contributed by atoms with Gasteiger partial charge in [-0.1, -0.05) is 48.0 Å².